The average Bonchev–Trinajstić information content (AvgIpc) is 2.97. The van der Waals surface area contributed by atoms with E-state index in [-0.39, 0.29) is 6.61 Å². The number of aliphatic hydroxyl groups is 1. The van der Waals surface area contributed by atoms with Crippen LogP contribution in [0.5, 0.6) is 0 Å². The van der Waals surface area contributed by atoms with Crippen LogP contribution >= 0.6 is 11.6 Å². The summed E-state index contributed by atoms with van der Waals surface area (Å²) in [6, 6.07) is 10.8. The van der Waals surface area contributed by atoms with Gasteiger partial charge in [0.25, 0.3) is 5.89 Å². The number of halogens is 1. The van der Waals surface area contributed by atoms with Crippen LogP contribution in [0, 0.1) is 0 Å². The zero-order valence-corrected chi connectivity index (χ0v) is 11.1. The van der Waals surface area contributed by atoms with Crippen molar-refractivity contribution in [3.8, 4) is 22.8 Å². The van der Waals surface area contributed by atoms with Crippen molar-refractivity contribution in [2.45, 2.75) is 6.61 Å². The molecule has 0 amide bonds. The van der Waals surface area contributed by atoms with Crippen LogP contribution in [-0.2, 0) is 6.61 Å². The Hall–Kier alpha value is -2.24. The van der Waals surface area contributed by atoms with Gasteiger partial charge in [-0.15, -0.1) is 0 Å². The molecule has 1 aromatic carbocycles. The van der Waals surface area contributed by atoms with E-state index in [4.69, 9.17) is 21.2 Å². The molecule has 6 heteroatoms. The van der Waals surface area contributed by atoms with Crippen molar-refractivity contribution in [1.29, 1.82) is 0 Å². The van der Waals surface area contributed by atoms with Crippen LogP contribution in [0.3, 0.4) is 0 Å². The molecule has 100 valence electrons. The van der Waals surface area contributed by atoms with Crippen LogP contribution in [0.4, 0.5) is 0 Å². The van der Waals surface area contributed by atoms with Gasteiger partial charge in [-0.1, -0.05) is 35.0 Å². The van der Waals surface area contributed by atoms with Gasteiger partial charge in [0, 0.05) is 11.8 Å². The van der Waals surface area contributed by atoms with Gasteiger partial charge in [0.1, 0.15) is 5.15 Å². The van der Waals surface area contributed by atoms with E-state index in [1.54, 1.807) is 24.4 Å². The maximum Gasteiger partial charge on any atom is 0.261 e. The van der Waals surface area contributed by atoms with E-state index < -0.39 is 0 Å². The molecule has 0 bridgehead atoms. The third-order valence-electron chi connectivity index (χ3n) is 2.78. The lowest BCUT2D eigenvalue weighted by Crippen LogP contribution is -1.86. The van der Waals surface area contributed by atoms with Gasteiger partial charge in [-0.05, 0) is 23.8 Å². The van der Waals surface area contributed by atoms with Gasteiger partial charge in [-0.3, -0.25) is 0 Å². The monoisotopic (exact) mass is 287 g/mol. The molecular formula is C14H10ClN3O2. The molecule has 0 aliphatic carbocycles. The second kappa shape index (κ2) is 5.40. The van der Waals surface area contributed by atoms with Gasteiger partial charge in [0.05, 0.1) is 12.2 Å². The molecule has 0 fully saturated rings. The molecule has 0 saturated heterocycles. The first kappa shape index (κ1) is 12.8. The van der Waals surface area contributed by atoms with E-state index in [9.17, 15) is 0 Å². The van der Waals surface area contributed by atoms with Crippen molar-refractivity contribution < 1.29 is 9.63 Å². The van der Waals surface area contributed by atoms with E-state index in [2.05, 4.69) is 15.1 Å². The second-order valence-electron chi connectivity index (χ2n) is 4.12. The fourth-order valence-corrected chi connectivity index (χ4v) is 2.00. The third kappa shape index (κ3) is 2.41. The summed E-state index contributed by atoms with van der Waals surface area (Å²) in [6.45, 7) is -0.0347. The maximum absolute atomic E-state index is 9.14. The quantitative estimate of drug-likeness (QED) is 0.750. The number of aromatic nitrogens is 3. The molecule has 2 aromatic heterocycles. The van der Waals surface area contributed by atoms with Crippen LogP contribution in [0.1, 0.15) is 5.56 Å². The van der Waals surface area contributed by atoms with Crippen molar-refractivity contribution in [2.75, 3.05) is 0 Å². The summed E-state index contributed by atoms with van der Waals surface area (Å²) in [7, 11) is 0. The molecule has 0 radical (unpaired) electrons. The Bertz CT molecular complexity index is 743. The van der Waals surface area contributed by atoms with E-state index in [0.717, 1.165) is 11.1 Å². The van der Waals surface area contributed by atoms with Crippen molar-refractivity contribution in [3.63, 3.8) is 0 Å². The minimum absolute atomic E-state index is 0.0347. The minimum atomic E-state index is -0.0347. The number of hydrogen-bond acceptors (Lipinski definition) is 5. The Kier molecular flexibility index (Phi) is 3.45. The zero-order valence-electron chi connectivity index (χ0n) is 10.3. The molecule has 3 rings (SSSR count). The molecule has 0 spiro atoms. The number of benzene rings is 1. The summed E-state index contributed by atoms with van der Waals surface area (Å²) < 4.78 is 5.21. The van der Waals surface area contributed by atoms with Crippen molar-refractivity contribution in [3.05, 3.63) is 53.3 Å². The Balaban J connectivity index is 2.00. The van der Waals surface area contributed by atoms with E-state index in [1.807, 2.05) is 18.2 Å². The van der Waals surface area contributed by atoms with E-state index in [0.29, 0.717) is 22.4 Å². The maximum atomic E-state index is 9.14. The number of aliphatic hydroxyl groups excluding tert-OH is 1. The van der Waals surface area contributed by atoms with Crippen LogP contribution in [0.25, 0.3) is 22.8 Å². The highest BCUT2D eigenvalue weighted by molar-refractivity contribution is 6.31. The fraction of sp³-hybridized carbons (Fsp3) is 0.0714. The number of rotatable bonds is 3. The van der Waals surface area contributed by atoms with Crippen LogP contribution in [0.15, 0.2) is 47.1 Å². The normalized spacial score (nSPS) is 10.7. The lowest BCUT2D eigenvalue weighted by atomic mass is 10.1. The highest BCUT2D eigenvalue weighted by Gasteiger charge is 2.13. The number of nitrogens with zero attached hydrogens (tertiary/aromatic N) is 3. The largest absolute Gasteiger partial charge is 0.392 e. The summed E-state index contributed by atoms with van der Waals surface area (Å²) in [5.74, 6) is 0.753. The van der Waals surface area contributed by atoms with Crippen molar-refractivity contribution in [1.82, 2.24) is 15.1 Å². The highest BCUT2D eigenvalue weighted by atomic mass is 35.5. The van der Waals surface area contributed by atoms with Crippen molar-refractivity contribution in [2.24, 2.45) is 0 Å². The lowest BCUT2D eigenvalue weighted by molar-refractivity contribution is 0.282. The molecule has 0 aliphatic heterocycles. The molecular weight excluding hydrogens is 278 g/mol. The van der Waals surface area contributed by atoms with Gasteiger partial charge in [0.15, 0.2) is 0 Å². The van der Waals surface area contributed by atoms with Gasteiger partial charge in [0.2, 0.25) is 5.82 Å². The molecule has 1 N–H and O–H groups in total. The Morgan fingerprint density at radius 3 is 2.90 bits per heavy atom. The second-order valence-corrected chi connectivity index (χ2v) is 4.48. The lowest BCUT2D eigenvalue weighted by Gasteiger charge is -1.98. The molecule has 5 nitrogen and oxygen atoms in total. The molecule has 0 atom stereocenters. The van der Waals surface area contributed by atoms with E-state index >= 15 is 0 Å². The SMILES string of the molecule is OCc1cccc(-c2noc(-c3cccnc3Cl)n2)c1. The van der Waals surface area contributed by atoms with Crippen LogP contribution in [0.2, 0.25) is 5.15 Å². The number of pyridine rings is 1. The predicted octanol–water partition coefficient (Wildman–Crippen LogP) is 2.94. The van der Waals surface area contributed by atoms with Gasteiger partial charge >= 0.3 is 0 Å². The van der Waals surface area contributed by atoms with Gasteiger partial charge in [-0.25, -0.2) is 4.98 Å². The summed E-state index contributed by atoms with van der Waals surface area (Å²) in [4.78, 5) is 8.27. The molecule has 0 aliphatic rings. The molecule has 3 aromatic rings. The standard InChI is InChI=1S/C14H10ClN3O2/c15-12-11(5-2-6-16-12)14-17-13(18-20-14)10-4-1-3-9(7-10)8-19/h1-7,19H,8H2. The first-order valence-corrected chi connectivity index (χ1v) is 6.30. The van der Waals surface area contributed by atoms with Crippen LogP contribution in [-0.4, -0.2) is 20.2 Å². The topological polar surface area (TPSA) is 72.0 Å². The van der Waals surface area contributed by atoms with Gasteiger partial charge < -0.3 is 9.63 Å². The van der Waals surface area contributed by atoms with Crippen LogP contribution < -0.4 is 0 Å². The smallest absolute Gasteiger partial charge is 0.261 e. The fourth-order valence-electron chi connectivity index (χ4n) is 1.80. The van der Waals surface area contributed by atoms with E-state index in [1.165, 1.54) is 0 Å². The molecule has 20 heavy (non-hydrogen) atoms. The third-order valence-corrected chi connectivity index (χ3v) is 3.08. The molecule has 0 saturated carbocycles. The Labute approximate surface area is 119 Å². The summed E-state index contributed by atoms with van der Waals surface area (Å²) in [5, 5.41) is 13.4. The van der Waals surface area contributed by atoms with Crippen molar-refractivity contribution >= 4 is 11.6 Å². The minimum Gasteiger partial charge on any atom is -0.392 e. The highest BCUT2D eigenvalue weighted by Crippen LogP contribution is 2.26. The summed E-state index contributed by atoms with van der Waals surface area (Å²) in [5.41, 5.74) is 2.14. The predicted molar refractivity (Wildman–Crippen MR) is 73.9 cm³/mol. The first-order valence-electron chi connectivity index (χ1n) is 5.92. The Morgan fingerprint density at radius 2 is 2.10 bits per heavy atom. The summed E-state index contributed by atoms with van der Waals surface area (Å²) >= 11 is 5.99. The van der Waals surface area contributed by atoms with Gasteiger partial charge in [-0.2, -0.15) is 4.98 Å². The number of hydrogen-bond donors (Lipinski definition) is 1. The molecule has 2 heterocycles. The molecule has 0 unspecified atom stereocenters. The average molecular weight is 288 g/mol. The Morgan fingerprint density at radius 1 is 1.20 bits per heavy atom. The zero-order chi connectivity index (χ0) is 13.9. The summed E-state index contributed by atoms with van der Waals surface area (Å²) in [6.07, 6.45) is 1.59. The first-order chi connectivity index (χ1) is 9.78.